The van der Waals surface area contributed by atoms with E-state index in [-0.39, 0.29) is 39.3 Å². The van der Waals surface area contributed by atoms with Crippen LogP contribution in [0.25, 0.3) is 0 Å². The van der Waals surface area contributed by atoms with Gasteiger partial charge >= 0.3 is 0 Å². The van der Waals surface area contributed by atoms with Crippen molar-refractivity contribution in [3.05, 3.63) is 149 Å². The van der Waals surface area contributed by atoms with Gasteiger partial charge in [-0.3, -0.25) is 0 Å². The van der Waals surface area contributed by atoms with Crippen LogP contribution in [-0.4, -0.2) is 12.3 Å². The molecular weight excluding hydrogens is 787 g/mol. The highest BCUT2D eigenvalue weighted by atomic mass is 15.3. The minimum absolute atomic E-state index is 0.00102. The first kappa shape index (κ1) is 43.2. The van der Waals surface area contributed by atoms with E-state index in [9.17, 15) is 5.26 Å². The Morgan fingerprint density at radius 3 is 1.69 bits per heavy atom. The first-order valence-electron chi connectivity index (χ1n) is 24.1. The van der Waals surface area contributed by atoms with Crippen LogP contribution >= 0.6 is 0 Å². The van der Waals surface area contributed by atoms with E-state index < -0.39 is 0 Å². The molecule has 6 aromatic carbocycles. The number of hydrogen-bond acceptors (Lipinski definition) is 4. The molecule has 0 amide bonds. The Morgan fingerprint density at radius 1 is 0.492 bits per heavy atom. The Morgan fingerprint density at radius 2 is 1.06 bits per heavy atom. The van der Waals surface area contributed by atoms with Gasteiger partial charge in [0.2, 0.25) is 0 Å². The molecule has 1 fully saturated rings. The molecule has 330 valence electrons. The van der Waals surface area contributed by atoms with E-state index in [0.717, 1.165) is 30.5 Å². The molecule has 0 bridgehead atoms. The van der Waals surface area contributed by atoms with Crippen LogP contribution in [0.3, 0.4) is 0 Å². The molecule has 3 heterocycles. The van der Waals surface area contributed by atoms with Crippen molar-refractivity contribution in [2.75, 3.05) is 14.7 Å². The largest absolute Gasteiger partial charge is 0.334 e. The monoisotopic (exact) mass is 855 g/mol. The molecule has 0 N–H and O–H groups in total. The average Bonchev–Trinajstić information content (AvgIpc) is 3.65. The quantitative estimate of drug-likeness (QED) is 0.166. The molecule has 6 aromatic rings. The molecule has 4 nitrogen and oxygen atoms in total. The standard InChI is InChI=1S/C60H67BN4/c1-55(2,3)39-20-24-43(25-21-39)63-50-28-23-41(57(7,8)9)33-48(50)61-47-26-22-42(58(10,11)12)34-51(47)64(44-18-15-17-40(32-44)56(4,5)6)53-36-45(35-52(63)54(53)61)65-49-27-19-38(37-62)31-46(49)59(13)29-16-30-60(59,65)14/h15,17-28,31-36H,16,29-30H2,1-14H3. The zero-order chi connectivity index (χ0) is 46.4. The molecule has 5 heteroatoms. The van der Waals surface area contributed by atoms with Gasteiger partial charge in [0.15, 0.2) is 0 Å². The van der Waals surface area contributed by atoms with Gasteiger partial charge in [-0.05, 0) is 152 Å². The fourth-order valence-electron chi connectivity index (χ4n) is 11.9. The van der Waals surface area contributed by atoms with Crippen molar-refractivity contribution < 1.29 is 0 Å². The van der Waals surface area contributed by atoms with Gasteiger partial charge in [0.25, 0.3) is 6.71 Å². The molecule has 2 atom stereocenters. The first-order chi connectivity index (χ1) is 30.4. The van der Waals surface area contributed by atoms with Gasteiger partial charge in [-0.15, -0.1) is 0 Å². The van der Waals surface area contributed by atoms with Crippen molar-refractivity contribution in [2.24, 2.45) is 0 Å². The van der Waals surface area contributed by atoms with E-state index in [1.165, 1.54) is 84.0 Å². The minimum atomic E-state index is -0.194. The van der Waals surface area contributed by atoms with Crippen LogP contribution in [0.5, 0.6) is 0 Å². The van der Waals surface area contributed by atoms with E-state index in [1.807, 2.05) is 6.07 Å². The molecule has 1 aliphatic carbocycles. The van der Waals surface area contributed by atoms with E-state index >= 15 is 0 Å². The van der Waals surface area contributed by atoms with Crippen molar-refractivity contribution in [1.29, 1.82) is 5.26 Å². The Balaban J connectivity index is 1.35. The number of rotatable bonds is 3. The van der Waals surface area contributed by atoms with Crippen LogP contribution in [-0.2, 0) is 27.1 Å². The second-order valence-corrected chi connectivity index (χ2v) is 24.3. The molecule has 10 rings (SSSR count). The summed E-state index contributed by atoms with van der Waals surface area (Å²) in [6.07, 6.45) is 3.30. The van der Waals surface area contributed by atoms with Crippen LogP contribution in [0.1, 0.15) is 150 Å². The van der Waals surface area contributed by atoms with Crippen molar-refractivity contribution in [3.63, 3.8) is 0 Å². The highest BCUT2D eigenvalue weighted by molar-refractivity contribution is 7.00. The van der Waals surface area contributed by atoms with Crippen LogP contribution < -0.4 is 31.1 Å². The predicted molar refractivity (Wildman–Crippen MR) is 278 cm³/mol. The molecule has 1 saturated carbocycles. The lowest BCUT2D eigenvalue weighted by molar-refractivity contribution is 0.330. The van der Waals surface area contributed by atoms with Crippen molar-refractivity contribution in [2.45, 2.75) is 149 Å². The van der Waals surface area contributed by atoms with Gasteiger partial charge in [0.1, 0.15) is 0 Å². The van der Waals surface area contributed by atoms with Crippen LogP contribution in [0.4, 0.5) is 45.5 Å². The summed E-state index contributed by atoms with van der Waals surface area (Å²) in [5.74, 6) is 0. The number of fused-ring (bicyclic) bond motifs is 7. The van der Waals surface area contributed by atoms with E-state index in [0.29, 0.717) is 0 Å². The van der Waals surface area contributed by atoms with Gasteiger partial charge in [0.05, 0.1) is 17.2 Å². The van der Waals surface area contributed by atoms with Crippen LogP contribution in [0.2, 0.25) is 0 Å². The van der Waals surface area contributed by atoms with E-state index in [2.05, 4.69) is 227 Å². The number of anilines is 8. The van der Waals surface area contributed by atoms with Crippen molar-refractivity contribution in [3.8, 4) is 6.07 Å². The summed E-state index contributed by atoms with van der Waals surface area (Å²) in [6.45, 7) is 32.8. The second kappa shape index (κ2) is 14.1. The number of nitrogens with zero attached hydrogens (tertiary/aromatic N) is 4. The fourth-order valence-corrected chi connectivity index (χ4v) is 11.9. The van der Waals surface area contributed by atoms with Gasteiger partial charge < -0.3 is 14.7 Å². The lowest BCUT2D eigenvalue weighted by Crippen LogP contribution is -2.61. The molecule has 2 unspecified atom stereocenters. The lowest BCUT2D eigenvalue weighted by atomic mass is 9.33. The lowest BCUT2D eigenvalue weighted by Gasteiger charge is -2.47. The third-order valence-electron chi connectivity index (χ3n) is 16.0. The molecule has 0 spiro atoms. The molecule has 4 aliphatic rings. The Bertz CT molecular complexity index is 2960. The maximum Gasteiger partial charge on any atom is 0.252 e. The van der Waals surface area contributed by atoms with E-state index in [4.69, 9.17) is 0 Å². The number of benzene rings is 6. The fraction of sp³-hybridized carbons (Fsp3) is 0.383. The zero-order valence-electron chi connectivity index (χ0n) is 41.5. The SMILES string of the molecule is CC(C)(C)c1ccc(N2c3ccc(C(C)(C)C)cc3B3c4ccc(C(C)(C)C)cc4N(c4cccc(C(C)(C)C)c4)c4cc(N5c6ccc(C#N)cc6C6(C)CCCC56C)cc2c43)cc1. The highest BCUT2D eigenvalue weighted by Crippen LogP contribution is 2.63. The number of hydrogen-bond donors (Lipinski definition) is 0. The molecule has 65 heavy (non-hydrogen) atoms. The van der Waals surface area contributed by atoms with Gasteiger partial charge in [-0.1, -0.05) is 145 Å². The third kappa shape index (κ3) is 6.52. The van der Waals surface area contributed by atoms with Crippen molar-refractivity contribution in [1.82, 2.24) is 0 Å². The summed E-state index contributed by atoms with van der Waals surface area (Å²) >= 11 is 0. The maximum absolute atomic E-state index is 10.2. The van der Waals surface area contributed by atoms with Gasteiger partial charge in [-0.25, -0.2) is 0 Å². The molecular formula is C60H67BN4. The highest BCUT2D eigenvalue weighted by Gasteiger charge is 2.60. The topological polar surface area (TPSA) is 33.5 Å². The Labute approximate surface area is 390 Å². The number of nitriles is 1. The smallest absolute Gasteiger partial charge is 0.252 e. The van der Waals surface area contributed by atoms with Crippen LogP contribution in [0.15, 0.2) is 115 Å². The second-order valence-electron chi connectivity index (χ2n) is 24.3. The van der Waals surface area contributed by atoms with Gasteiger partial charge in [0, 0.05) is 50.9 Å². The molecule has 0 aromatic heterocycles. The summed E-state index contributed by atoms with van der Waals surface area (Å²) in [5, 5.41) is 10.2. The molecule has 0 radical (unpaired) electrons. The van der Waals surface area contributed by atoms with Crippen LogP contribution in [0, 0.1) is 11.3 Å². The summed E-state index contributed by atoms with van der Waals surface area (Å²) in [5.41, 5.74) is 20.6. The predicted octanol–water partition coefficient (Wildman–Crippen LogP) is 14.2. The summed E-state index contributed by atoms with van der Waals surface area (Å²) in [4.78, 5) is 7.88. The van der Waals surface area contributed by atoms with E-state index in [1.54, 1.807) is 0 Å². The van der Waals surface area contributed by atoms with Crippen molar-refractivity contribution >= 4 is 68.6 Å². The summed E-state index contributed by atoms with van der Waals surface area (Å²) in [6, 6.07) is 47.4. The first-order valence-corrected chi connectivity index (χ1v) is 24.1. The van der Waals surface area contributed by atoms with Gasteiger partial charge in [-0.2, -0.15) is 5.26 Å². The third-order valence-corrected chi connectivity index (χ3v) is 16.0. The maximum atomic E-state index is 10.2. The molecule has 0 saturated heterocycles. The Kier molecular flexibility index (Phi) is 9.39. The minimum Gasteiger partial charge on any atom is -0.334 e. The molecule has 3 aliphatic heterocycles. The Hall–Kier alpha value is -5.73. The zero-order valence-corrected chi connectivity index (χ0v) is 41.5. The average molecular weight is 855 g/mol. The summed E-state index contributed by atoms with van der Waals surface area (Å²) < 4.78 is 0. The normalized spacial score (nSPS) is 20.0. The summed E-state index contributed by atoms with van der Waals surface area (Å²) in [7, 11) is 0.